The molecule has 1 rings (SSSR count). The molecule has 0 amide bonds. The molecule has 1 heteroatoms. The van der Waals surface area contributed by atoms with Gasteiger partial charge < -0.3 is 4.90 Å². The van der Waals surface area contributed by atoms with Crippen LogP contribution < -0.4 is 0 Å². The number of allylic oxidation sites excluding steroid dienone is 2. The van der Waals surface area contributed by atoms with E-state index < -0.39 is 0 Å². The second kappa shape index (κ2) is 7.76. The van der Waals surface area contributed by atoms with Crippen LogP contribution in [0.3, 0.4) is 0 Å². The Balaban J connectivity index is 2.67. The summed E-state index contributed by atoms with van der Waals surface area (Å²) in [6.45, 7) is 9.35. The maximum atomic E-state index is 2.65. The van der Waals surface area contributed by atoms with Gasteiger partial charge in [-0.3, -0.25) is 0 Å². The summed E-state index contributed by atoms with van der Waals surface area (Å²) in [5.74, 6) is 0.873. The summed E-state index contributed by atoms with van der Waals surface area (Å²) in [6.07, 6.45) is 12.0. The van der Waals surface area contributed by atoms with Gasteiger partial charge in [0.15, 0.2) is 0 Å². The fraction of sp³-hybridized carbons (Fsp3) is 0.867. The van der Waals surface area contributed by atoms with Gasteiger partial charge in [-0.2, -0.15) is 0 Å². The van der Waals surface area contributed by atoms with Gasteiger partial charge in [0.05, 0.1) is 0 Å². The summed E-state index contributed by atoms with van der Waals surface area (Å²) in [5.41, 5.74) is 1.67. The Morgan fingerprint density at radius 1 is 1.06 bits per heavy atom. The molecular weight excluding hydrogens is 194 g/mol. The quantitative estimate of drug-likeness (QED) is 0.610. The third-order valence-corrected chi connectivity index (χ3v) is 3.54. The summed E-state index contributed by atoms with van der Waals surface area (Å²) < 4.78 is 0. The van der Waals surface area contributed by atoms with Crippen molar-refractivity contribution < 1.29 is 0 Å². The average Bonchev–Trinajstić information content (AvgIpc) is 2.79. The highest BCUT2D eigenvalue weighted by atomic mass is 15.1. The second-order valence-corrected chi connectivity index (χ2v) is 5.01. The minimum Gasteiger partial charge on any atom is -0.375 e. The lowest BCUT2D eigenvalue weighted by atomic mass is 10.0. The van der Waals surface area contributed by atoms with E-state index >= 15 is 0 Å². The minimum absolute atomic E-state index is 0.873. The van der Waals surface area contributed by atoms with Crippen molar-refractivity contribution in [1.29, 1.82) is 0 Å². The van der Waals surface area contributed by atoms with Gasteiger partial charge in [0.25, 0.3) is 0 Å². The van der Waals surface area contributed by atoms with Gasteiger partial charge in [0.2, 0.25) is 0 Å². The summed E-state index contributed by atoms with van der Waals surface area (Å²) in [5, 5.41) is 0. The largest absolute Gasteiger partial charge is 0.375 e. The SMILES string of the molecule is CC/C=C(/C1CCCC1)N(CCC)CCC. The van der Waals surface area contributed by atoms with Crippen LogP contribution in [0.2, 0.25) is 0 Å². The molecule has 94 valence electrons. The average molecular weight is 223 g/mol. The lowest BCUT2D eigenvalue weighted by Crippen LogP contribution is -2.28. The molecule has 0 aromatic carbocycles. The van der Waals surface area contributed by atoms with Gasteiger partial charge in [0.1, 0.15) is 0 Å². The Morgan fingerprint density at radius 2 is 1.62 bits per heavy atom. The topological polar surface area (TPSA) is 3.24 Å². The van der Waals surface area contributed by atoms with Crippen LogP contribution in [0.1, 0.15) is 65.7 Å². The fourth-order valence-corrected chi connectivity index (χ4v) is 2.89. The molecule has 0 aromatic heterocycles. The normalized spacial score (nSPS) is 18.1. The van der Waals surface area contributed by atoms with Gasteiger partial charge in [-0.25, -0.2) is 0 Å². The Morgan fingerprint density at radius 3 is 2.06 bits per heavy atom. The summed E-state index contributed by atoms with van der Waals surface area (Å²) in [6, 6.07) is 0. The highest BCUT2D eigenvalue weighted by Gasteiger charge is 2.22. The fourth-order valence-electron chi connectivity index (χ4n) is 2.89. The summed E-state index contributed by atoms with van der Waals surface area (Å²) >= 11 is 0. The van der Waals surface area contributed by atoms with E-state index in [-0.39, 0.29) is 0 Å². The van der Waals surface area contributed by atoms with Crippen molar-refractivity contribution >= 4 is 0 Å². The highest BCUT2D eigenvalue weighted by Crippen LogP contribution is 2.33. The van der Waals surface area contributed by atoms with Gasteiger partial charge in [-0.15, -0.1) is 0 Å². The summed E-state index contributed by atoms with van der Waals surface area (Å²) in [7, 11) is 0. The van der Waals surface area contributed by atoms with E-state index in [0.717, 1.165) is 5.92 Å². The Hall–Kier alpha value is -0.460. The first-order valence-electron chi connectivity index (χ1n) is 7.28. The van der Waals surface area contributed by atoms with Crippen molar-refractivity contribution in [1.82, 2.24) is 4.90 Å². The Bertz CT molecular complexity index is 195. The minimum atomic E-state index is 0.873. The third-order valence-electron chi connectivity index (χ3n) is 3.54. The highest BCUT2D eigenvalue weighted by molar-refractivity contribution is 5.07. The van der Waals surface area contributed by atoms with Crippen LogP contribution in [0.4, 0.5) is 0 Å². The zero-order chi connectivity index (χ0) is 11.8. The monoisotopic (exact) mass is 223 g/mol. The van der Waals surface area contributed by atoms with Crippen LogP contribution in [0.5, 0.6) is 0 Å². The van der Waals surface area contributed by atoms with Gasteiger partial charge in [-0.05, 0) is 38.0 Å². The molecule has 0 heterocycles. The second-order valence-electron chi connectivity index (χ2n) is 5.01. The lowest BCUT2D eigenvalue weighted by Gasteiger charge is -2.31. The molecule has 0 spiro atoms. The molecular formula is C15H29N. The van der Waals surface area contributed by atoms with Crippen molar-refractivity contribution in [2.75, 3.05) is 13.1 Å². The number of hydrogen-bond donors (Lipinski definition) is 0. The molecule has 16 heavy (non-hydrogen) atoms. The van der Waals surface area contributed by atoms with Crippen LogP contribution in [-0.4, -0.2) is 18.0 Å². The van der Waals surface area contributed by atoms with Crippen molar-refractivity contribution in [3.8, 4) is 0 Å². The van der Waals surface area contributed by atoms with Crippen molar-refractivity contribution in [3.63, 3.8) is 0 Å². The van der Waals surface area contributed by atoms with Crippen LogP contribution in [0.25, 0.3) is 0 Å². The van der Waals surface area contributed by atoms with E-state index in [2.05, 4.69) is 31.7 Å². The van der Waals surface area contributed by atoms with E-state index in [0.29, 0.717) is 0 Å². The molecule has 0 radical (unpaired) electrons. The summed E-state index contributed by atoms with van der Waals surface area (Å²) in [4.78, 5) is 2.65. The van der Waals surface area contributed by atoms with E-state index in [4.69, 9.17) is 0 Å². The first kappa shape index (κ1) is 13.6. The third kappa shape index (κ3) is 3.84. The predicted molar refractivity (Wildman–Crippen MR) is 72.5 cm³/mol. The molecule has 0 N–H and O–H groups in total. The zero-order valence-electron chi connectivity index (χ0n) is 11.5. The predicted octanol–water partition coefficient (Wildman–Crippen LogP) is 4.59. The van der Waals surface area contributed by atoms with Crippen molar-refractivity contribution in [2.24, 2.45) is 5.92 Å². The van der Waals surface area contributed by atoms with Crippen LogP contribution in [0.15, 0.2) is 11.8 Å². The molecule has 0 aromatic rings. The smallest absolute Gasteiger partial charge is 0.0172 e. The molecule has 0 aliphatic heterocycles. The number of hydrogen-bond acceptors (Lipinski definition) is 1. The zero-order valence-corrected chi connectivity index (χ0v) is 11.5. The Kier molecular flexibility index (Phi) is 6.59. The maximum absolute atomic E-state index is 2.65. The van der Waals surface area contributed by atoms with Crippen LogP contribution >= 0.6 is 0 Å². The Labute approximate surface area is 102 Å². The van der Waals surface area contributed by atoms with E-state index in [1.54, 1.807) is 5.70 Å². The number of nitrogens with zero attached hydrogens (tertiary/aromatic N) is 1. The molecule has 0 saturated heterocycles. The molecule has 1 nitrogen and oxygen atoms in total. The van der Waals surface area contributed by atoms with Gasteiger partial charge in [0, 0.05) is 18.8 Å². The van der Waals surface area contributed by atoms with Crippen molar-refractivity contribution in [3.05, 3.63) is 11.8 Å². The first-order chi connectivity index (χ1) is 7.83. The molecule has 1 fully saturated rings. The molecule has 0 atom stereocenters. The molecule has 0 bridgehead atoms. The molecule has 1 aliphatic rings. The lowest BCUT2D eigenvalue weighted by molar-refractivity contribution is 0.300. The van der Waals surface area contributed by atoms with E-state index in [9.17, 15) is 0 Å². The van der Waals surface area contributed by atoms with E-state index in [1.807, 2.05) is 0 Å². The van der Waals surface area contributed by atoms with Crippen LogP contribution in [0, 0.1) is 5.92 Å². The first-order valence-corrected chi connectivity index (χ1v) is 7.28. The van der Waals surface area contributed by atoms with Crippen molar-refractivity contribution in [2.45, 2.75) is 65.7 Å². The maximum Gasteiger partial charge on any atom is 0.0172 e. The number of rotatable bonds is 7. The van der Waals surface area contributed by atoms with Crippen LogP contribution in [-0.2, 0) is 0 Å². The molecule has 1 saturated carbocycles. The van der Waals surface area contributed by atoms with Gasteiger partial charge >= 0.3 is 0 Å². The molecule has 0 unspecified atom stereocenters. The van der Waals surface area contributed by atoms with E-state index in [1.165, 1.54) is 58.0 Å². The standard InChI is InChI=1S/C15H29N/c1-4-9-15(14-10-7-8-11-14)16(12-5-2)13-6-3/h9,14H,4-8,10-13H2,1-3H3/b15-9-. The van der Waals surface area contributed by atoms with Gasteiger partial charge in [-0.1, -0.05) is 39.7 Å². The molecule has 1 aliphatic carbocycles.